The van der Waals surface area contributed by atoms with E-state index in [0.717, 1.165) is 17.7 Å². The van der Waals surface area contributed by atoms with E-state index < -0.39 is 11.7 Å². The van der Waals surface area contributed by atoms with Gasteiger partial charge in [0.25, 0.3) is 0 Å². The van der Waals surface area contributed by atoms with Crippen LogP contribution >= 0.6 is 0 Å². The summed E-state index contributed by atoms with van der Waals surface area (Å²) in [6.07, 6.45) is -2.65. The van der Waals surface area contributed by atoms with Crippen LogP contribution in [-0.2, 0) is 12.7 Å². The molecule has 2 aromatic carbocycles. The zero-order valence-corrected chi connectivity index (χ0v) is 11.1. The van der Waals surface area contributed by atoms with E-state index in [4.69, 9.17) is 0 Å². The Morgan fingerprint density at radius 2 is 1.71 bits per heavy atom. The lowest BCUT2D eigenvalue weighted by Crippen LogP contribution is -2.15. The van der Waals surface area contributed by atoms with Gasteiger partial charge in [0, 0.05) is 19.5 Å². The fourth-order valence-corrected chi connectivity index (χ4v) is 1.85. The number of hydrogen-bond donors (Lipinski definition) is 1. The summed E-state index contributed by atoms with van der Waals surface area (Å²) in [4.78, 5) is 0. The van der Waals surface area contributed by atoms with E-state index in [1.807, 2.05) is 0 Å². The lowest BCUT2D eigenvalue weighted by atomic mass is 10.1. The molecule has 1 N–H and O–H groups in total. The van der Waals surface area contributed by atoms with Crippen molar-refractivity contribution in [2.45, 2.75) is 12.7 Å². The molecule has 0 amide bonds. The van der Waals surface area contributed by atoms with Crippen LogP contribution in [0.5, 0.6) is 0 Å². The van der Waals surface area contributed by atoms with Crippen LogP contribution in [-0.4, -0.2) is 6.54 Å². The van der Waals surface area contributed by atoms with Crippen LogP contribution in [0.1, 0.15) is 16.7 Å². The zero-order chi connectivity index (χ0) is 15.3. The molecular formula is C16H14F4N. The van der Waals surface area contributed by atoms with Crippen LogP contribution in [0.3, 0.4) is 0 Å². The molecule has 2 aromatic rings. The Morgan fingerprint density at radius 3 is 2.38 bits per heavy atom. The molecule has 0 unspecified atom stereocenters. The van der Waals surface area contributed by atoms with Crippen LogP contribution in [0.15, 0.2) is 48.5 Å². The summed E-state index contributed by atoms with van der Waals surface area (Å²) >= 11 is 0. The molecule has 0 spiro atoms. The van der Waals surface area contributed by atoms with Crippen molar-refractivity contribution in [3.8, 4) is 0 Å². The standard InChI is InChI=1S/C16H14F4N/c17-15-6-4-13(5-7-15)11-21-9-8-12-2-1-3-14(10-12)16(18,19)20/h1-8,10,21H,9,11H2. The molecule has 0 aliphatic heterocycles. The molecule has 21 heavy (non-hydrogen) atoms. The molecule has 0 aromatic heterocycles. The number of benzene rings is 2. The number of rotatable bonds is 5. The second-order valence-corrected chi connectivity index (χ2v) is 4.58. The van der Waals surface area contributed by atoms with Crippen molar-refractivity contribution in [1.29, 1.82) is 0 Å². The van der Waals surface area contributed by atoms with Gasteiger partial charge in [0.2, 0.25) is 0 Å². The maximum absolute atomic E-state index is 12.7. The van der Waals surface area contributed by atoms with Crippen molar-refractivity contribution in [2.24, 2.45) is 0 Å². The number of hydrogen-bond acceptors (Lipinski definition) is 1. The second-order valence-electron chi connectivity index (χ2n) is 4.58. The number of halogens is 4. The third kappa shape index (κ3) is 4.86. The highest BCUT2D eigenvalue weighted by molar-refractivity contribution is 5.30. The highest BCUT2D eigenvalue weighted by Crippen LogP contribution is 2.29. The van der Waals surface area contributed by atoms with Crippen LogP contribution in [0.4, 0.5) is 17.6 Å². The van der Waals surface area contributed by atoms with Gasteiger partial charge < -0.3 is 5.32 Å². The third-order valence-electron chi connectivity index (χ3n) is 2.94. The summed E-state index contributed by atoms with van der Waals surface area (Å²) in [5.41, 5.74) is 0.764. The maximum atomic E-state index is 12.7. The van der Waals surface area contributed by atoms with Gasteiger partial charge in [-0.3, -0.25) is 0 Å². The Hall–Kier alpha value is -1.88. The first-order valence-corrected chi connectivity index (χ1v) is 6.41. The minimum atomic E-state index is -4.33. The maximum Gasteiger partial charge on any atom is 0.416 e. The molecule has 111 valence electrons. The number of alkyl halides is 3. The minimum Gasteiger partial charge on any atom is -0.312 e. The van der Waals surface area contributed by atoms with E-state index in [1.54, 1.807) is 24.6 Å². The van der Waals surface area contributed by atoms with Crippen molar-refractivity contribution in [3.63, 3.8) is 0 Å². The van der Waals surface area contributed by atoms with E-state index in [-0.39, 0.29) is 5.82 Å². The minimum absolute atomic E-state index is 0.297. The van der Waals surface area contributed by atoms with E-state index >= 15 is 0 Å². The SMILES string of the molecule is Fc1ccc(CNC[CH]c2cccc(C(F)(F)F)c2)cc1. The summed E-state index contributed by atoms with van der Waals surface area (Å²) < 4.78 is 50.4. The van der Waals surface area contributed by atoms with Gasteiger partial charge in [-0.15, -0.1) is 0 Å². The smallest absolute Gasteiger partial charge is 0.312 e. The van der Waals surface area contributed by atoms with E-state index in [1.165, 1.54) is 18.2 Å². The van der Waals surface area contributed by atoms with Crippen LogP contribution in [0, 0.1) is 12.2 Å². The van der Waals surface area contributed by atoms with Gasteiger partial charge in [0.15, 0.2) is 0 Å². The molecule has 0 saturated heterocycles. The molecular weight excluding hydrogens is 282 g/mol. The average Bonchev–Trinajstić information content (AvgIpc) is 2.45. The van der Waals surface area contributed by atoms with Gasteiger partial charge in [-0.1, -0.05) is 30.3 Å². The van der Waals surface area contributed by atoms with Gasteiger partial charge >= 0.3 is 6.18 Å². The highest BCUT2D eigenvalue weighted by Gasteiger charge is 2.30. The second kappa shape index (κ2) is 6.72. The van der Waals surface area contributed by atoms with Crippen LogP contribution in [0.25, 0.3) is 0 Å². The quantitative estimate of drug-likeness (QED) is 0.644. The molecule has 0 heterocycles. The van der Waals surface area contributed by atoms with Crippen molar-refractivity contribution in [3.05, 3.63) is 77.5 Å². The predicted octanol–water partition coefficient (Wildman–Crippen LogP) is 4.19. The van der Waals surface area contributed by atoms with Gasteiger partial charge in [-0.05, 0) is 29.3 Å². The Labute approximate surface area is 120 Å². The molecule has 0 saturated carbocycles. The molecule has 0 aliphatic rings. The normalized spacial score (nSPS) is 11.6. The molecule has 1 nitrogen and oxygen atoms in total. The highest BCUT2D eigenvalue weighted by atomic mass is 19.4. The summed E-state index contributed by atoms with van der Waals surface area (Å²) in [7, 11) is 0. The lowest BCUT2D eigenvalue weighted by molar-refractivity contribution is -0.137. The molecule has 5 heteroatoms. The fourth-order valence-electron chi connectivity index (χ4n) is 1.85. The topological polar surface area (TPSA) is 12.0 Å². The summed E-state index contributed by atoms with van der Waals surface area (Å²) in [5, 5.41) is 3.07. The van der Waals surface area contributed by atoms with E-state index in [2.05, 4.69) is 5.32 Å². The van der Waals surface area contributed by atoms with Crippen LogP contribution < -0.4 is 5.32 Å². The number of nitrogens with one attached hydrogen (secondary N) is 1. The van der Waals surface area contributed by atoms with Gasteiger partial charge in [-0.25, -0.2) is 4.39 Å². The molecule has 0 aliphatic carbocycles. The van der Waals surface area contributed by atoms with Crippen molar-refractivity contribution in [1.82, 2.24) is 5.32 Å². The molecule has 0 atom stereocenters. The van der Waals surface area contributed by atoms with Crippen molar-refractivity contribution >= 4 is 0 Å². The molecule has 2 rings (SSSR count). The zero-order valence-electron chi connectivity index (χ0n) is 11.1. The lowest BCUT2D eigenvalue weighted by Gasteiger charge is -2.09. The first-order chi connectivity index (χ1) is 9.95. The van der Waals surface area contributed by atoms with Crippen molar-refractivity contribution < 1.29 is 17.6 Å². The van der Waals surface area contributed by atoms with E-state index in [9.17, 15) is 17.6 Å². The Kier molecular flexibility index (Phi) is 4.96. The van der Waals surface area contributed by atoms with E-state index in [0.29, 0.717) is 18.7 Å². The summed E-state index contributed by atoms with van der Waals surface area (Å²) in [6.45, 7) is 0.953. The average molecular weight is 296 g/mol. The van der Waals surface area contributed by atoms with Gasteiger partial charge in [-0.2, -0.15) is 13.2 Å². The molecule has 1 radical (unpaired) electrons. The molecule has 0 bridgehead atoms. The Morgan fingerprint density at radius 1 is 1.00 bits per heavy atom. The monoisotopic (exact) mass is 296 g/mol. The predicted molar refractivity (Wildman–Crippen MR) is 73.0 cm³/mol. The van der Waals surface area contributed by atoms with Crippen molar-refractivity contribution in [2.75, 3.05) is 6.54 Å². The summed E-state index contributed by atoms with van der Waals surface area (Å²) in [6, 6.07) is 11.2. The fraction of sp³-hybridized carbons (Fsp3) is 0.188. The Balaban J connectivity index is 1.82. The molecule has 0 fully saturated rings. The Bertz CT molecular complexity index is 576. The first-order valence-electron chi connectivity index (χ1n) is 6.41. The van der Waals surface area contributed by atoms with Crippen LogP contribution in [0.2, 0.25) is 0 Å². The first kappa shape index (κ1) is 15.5. The third-order valence-corrected chi connectivity index (χ3v) is 2.94. The largest absolute Gasteiger partial charge is 0.416 e. The van der Waals surface area contributed by atoms with Gasteiger partial charge in [0.05, 0.1) is 5.56 Å². The summed E-state index contributed by atoms with van der Waals surface area (Å²) in [5.74, 6) is -0.297. The van der Waals surface area contributed by atoms with Gasteiger partial charge in [0.1, 0.15) is 5.82 Å².